The fraction of sp³-hybridized carbons (Fsp3) is 0.0769. The van der Waals surface area contributed by atoms with Crippen LogP contribution in [-0.2, 0) is 0 Å². The zero-order valence-corrected chi connectivity index (χ0v) is 12.8. The molecular formula is C13H10BrFN4S. The van der Waals surface area contributed by atoms with Gasteiger partial charge in [0.1, 0.15) is 10.6 Å². The van der Waals surface area contributed by atoms with Crippen LogP contribution < -0.4 is 11.3 Å². The number of aromatic nitrogens is 2. The van der Waals surface area contributed by atoms with Crippen molar-refractivity contribution >= 4 is 43.3 Å². The summed E-state index contributed by atoms with van der Waals surface area (Å²) in [7, 11) is 0. The van der Waals surface area contributed by atoms with Crippen LogP contribution in [0.5, 0.6) is 0 Å². The highest BCUT2D eigenvalue weighted by atomic mass is 79.9. The number of nitrogens with two attached hydrogens (primary N) is 1. The van der Waals surface area contributed by atoms with Gasteiger partial charge in [-0.2, -0.15) is 0 Å². The monoisotopic (exact) mass is 352 g/mol. The lowest BCUT2D eigenvalue weighted by Gasteiger charge is -2.06. The number of nitrogen functional groups attached to an aromatic ring is 1. The van der Waals surface area contributed by atoms with Gasteiger partial charge in [-0.05, 0) is 31.2 Å². The second-order valence-electron chi connectivity index (χ2n) is 4.24. The number of hydrogen-bond acceptors (Lipinski definition) is 5. The van der Waals surface area contributed by atoms with Crippen molar-refractivity contribution in [2.75, 3.05) is 5.43 Å². The van der Waals surface area contributed by atoms with Gasteiger partial charge in [0, 0.05) is 9.35 Å². The third-order valence-electron chi connectivity index (χ3n) is 2.82. The number of fused-ring (bicyclic) bond motifs is 1. The first-order chi connectivity index (χ1) is 9.58. The molecule has 0 saturated heterocycles. The zero-order chi connectivity index (χ0) is 14.3. The van der Waals surface area contributed by atoms with Crippen molar-refractivity contribution in [1.29, 1.82) is 0 Å². The summed E-state index contributed by atoms with van der Waals surface area (Å²) in [5.74, 6) is 5.94. The summed E-state index contributed by atoms with van der Waals surface area (Å²) < 4.78 is 14.7. The Kier molecular flexibility index (Phi) is 3.41. The molecule has 0 aliphatic rings. The molecule has 0 bridgehead atoms. The maximum absolute atomic E-state index is 13.9. The molecular weight excluding hydrogens is 343 g/mol. The lowest BCUT2D eigenvalue weighted by atomic mass is 10.2. The summed E-state index contributed by atoms with van der Waals surface area (Å²) >= 11 is 4.84. The number of hydrogen-bond donors (Lipinski definition) is 2. The van der Waals surface area contributed by atoms with Gasteiger partial charge in [-0.15, -0.1) is 11.3 Å². The quantitative estimate of drug-likeness (QED) is 0.543. The number of nitrogens with one attached hydrogen (secondary N) is 1. The van der Waals surface area contributed by atoms with E-state index in [1.54, 1.807) is 12.1 Å². The molecule has 0 atom stereocenters. The van der Waals surface area contributed by atoms with E-state index in [2.05, 4.69) is 31.3 Å². The number of halogens is 2. The van der Waals surface area contributed by atoms with Gasteiger partial charge in [0.05, 0.1) is 10.9 Å². The SMILES string of the molecule is Cc1cc2c(NN)nc(-c3cc(Br)ccc3F)nc2s1. The normalized spacial score (nSPS) is 11.0. The summed E-state index contributed by atoms with van der Waals surface area (Å²) in [6.07, 6.45) is 0. The first-order valence-corrected chi connectivity index (χ1v) is 7.39. The van der Waals surface area contributed by atoms with Crippen molar-refractivity contribution in [3.05, 3.63) is 39.4 Å². The highest BCUT2D eigenvalue weighted by Gasteiger charge is 2.14. The second-order valence-corrected chi connectivity index (χ2v) is 6.39. The van der Waals surface area contributed by atoms with E-state index in [1.807, 2.05) is 13.0 Å². The minimum atomic E-state index is -0.371. The number of aryl methyl sites for hydroxylation is 1. The lowest BCUT2D eigenvalue weighted by Crippen LogP contribution is -2.10. The largest absolute Gasteiger partial charge is 0.308 e. The van der Waals surface area contributed by atoms with Crippen LogP contribution in [0.2, 0.25) is 0 Å². The molecule has 0 aliphatic carbocycles. The lowest BCUT2D eigenvalue weighted by molar-refractivity contribution is 0.630. The molecule has 0 saturated carbocycles. The minimum absolute atomic E-state index is 0.311. The molecule has 0 spiro atoms. The molecule has 20 heavy (non-hydrogen) atoms. The van der Waals surface area contributed by atoms with Gasteiger partial charge >= 0.3 is 0 Å². The van der Waals surface area contributed by atoms with E-state index in [1.165, 1.54) is 17.4 Å². The Morgan fingerprint density at radius 3 is 2.85 bits per heavy atom. The zero-order valence-electron chi connectivity index (χ0n) is 10.4. The van der Waals surface area contributed by atoms with E-state index < -0.39 is 0 Å². The fourth-order valence-electron chi connectivity index (χ4n) is 1.94. The van der Waals surface area contributed by atoms with Gasteiger partial charge in [-0.1, -0.05) is 15.9 Å². The molecule has 3 rings (SSSR count). The molecule has 2 heterocycles. The fourth-order valence-corrected chi connectivity index (χ4v) is 3.18. The predicted molar refractivity (Wildman–Crippen MR) is 83.1 cm³/mol. The van der Waals surface area contributed by atoms with Crippen LogP contribution in [0.3, 0.4) is 0 Å². The molecule has 3 N–H and O–H groups in total. The van der Waals surface area contributed by atoms with Crippen LogP contribution in [0.1, 0.15) is 4.88 Å². The molecule has 0 unspecified atom stereocenters. The van der Waals surface area contributed by atoms with Crippen molar-refractivity contribution in [3.8, 4) is 11.4 Å². The Morgan fingerprint density at radius 2 is 2.10 bits per heavy atom. The van der Waals surface area contributed by atoms with Crippen molar-refractivity contribution in [3.63, 3.8) is 0 Å². The van der Waals surface area contributed by atoms with Gasteiger partial charge in [-0.25, -0.2) is 20.2 Å². The molecule has 0 radical (unpaired) electrons. The summed E-state index contributed by atoms with van der Waals surface area (Å²) in [5, 5.41) is 0.842. The number of anilines is 1. The minimum Gasteiger partial charge on any atom is -0.308 e. The van der Waals surface area contributed by atoms with Crippen LogP contribution in [-0.4, -0.2) is 9.97 Å². The third kappa shape index (κ3) is 2.28. The van der Waals surface area contributed by atoms with Crippen LogP contribution >= 0.6 is 27.3 Å². The molecule has 0 amide bonds. The van der Waals surface area contributed by atoms with Gasteiger partial charge in [-0.3, -0.25) is 0 Å². The number of thiophene rings is 1. The van der Waals surface area contributed by atoms with Gasteiger partial charge in [0.2, 0.25) is 0 Å². The Morgan fingerprint density at radius 1 is 1.30 bits per heavy atom. The topological polar surface area (TPSA) is 63.8 Å². The number of benzene rings is 1. The Labute approximate surface area is 127 Å². The van der Waals surface area contributed by atoms with E-state index >= 15 is 0 Å². The summed E-state index contributed by atoms with van der Waals surface area (Å²) in [6, 6.07) is 6.62. The molecule has 2 aromatic heterocycles. The van der Waals surface area contributed by atoms with Crippen molar-refractivity contribution in [2.45, 2.75) is 6.92 Å². The van der Waals surface area contributed by atoms with Gasteiger partial charge in [0.25, 0.3) is 0 Å². The average Bonchev–Trinajstić information content (AvgIpc) is 2.80. The maximum atomic E-state index is 13.9. The Hall–Kier alpha value is -1.57. The highest BCUT2D eigenvalue weighted by molar-refractivity contribution is 9.10. The predicted octanol–water partition coefficient (Wildman–Crippen LogP) is 3.85. The van der Waals surface area contributed by atoms with Crippen molar-refractivity contribution in [1.82, 2.24) is 9.97 Å². The number of nitrogens with zero attached hydrogens (tertiary/aromatic N) is 2. The Bertz CT molecular complexity index is 802. The van der Waals surface area contributed by atoms with E-state index in [-0.39, 0.29) is 5.82 Å². The van der Waals surface area contributed by atoms with Crippen molar-refractivity contribution in [2.24, 2.45) is 5.84 Å². The molecule has 0 fully saturated rings. The van der Waals surface area contributed by atoms with Gasteiger partial charge in [0.15, 0.2) is 11.6 Å². The average molecular weight is 353 g/mol. The van der Waals surface area contributed by atoms with Crippen LogP contribution in [0.15, 0.2) is 28.7 Å². The third-order valence-corrected chi connectivity index (χ3v) is 4.26. The highest BCUT2D eigenvalue weighted by Crippen LogP contribution is 2.32. The molecule has 7 heteroatoms. The molecule has 3 aromatic rings. The first-order valence-electron chi connectivity index (χ1n) is 5.78. The standard InChI is InChI=1S/C13H10BrFN4S/c1-6-4-9-12(19-16)17-11(18-13(9)20-6)8-5-7(14)2-3-10(8)15/h2-5H,16H2,1H3,(H,17,18,19). The maximum Gasteiger partial charge on any atom is 0.166 e. The first kappa shape index (κ1) is 13.4. The van der Waals surface area contributed by atoms with Gasteiger partial charge < -0.3 is 5.43 Å². The van der Waals surface area contributed by atoms with Crippen LogP contribution in [0, 0.1) is 12.7 Å². The van der Waals surface area contributed by atoms with Crippen LogP contribution in [0.4, 0.5) is 10.2 Å². The molecule has 102 valence electrons. The second kappa shape index (κ2) is 5.08. The van der Waals surface area contributed by atoms with Crippen molar-refractivity contribution < 1.29 is 4.39 Å². The summed E-state index contributed by atoms with van der Waals surface area (Å²) in [6.45, 7) is 1.98. The Balaban J connectivity index is 2.28. The molecule has 4 nitrogen and oxygen atoms in total. The summed E-state index contributed by atoms with van der Waals surface area (Å²) in [5.41, 5.74) is 2.89. The number of rotatable bonds is 2. The molecule has 1 aromatic carbocycles. The smallest absolute Gasteiger partial charge is 0.166 e. The number of hydrazine groups is 1. The summed E-state index contributed by atoms with van der Waals surface area (Å²) in [4.78, 5) is 10.6. The van der Waals surface area contributed by atoms with E-state index in [9.17, 15) is 4.39 Å². The van der Waals surface area contributed by atoms with Crippen LogP contribution in [0.25, 0.3) is 21.6 Å². The molecule has 0 aliphatic heterocycles. The van der Waals surface area contributed by atoms with E-state index in [0.717, 1.165) is 19.6 Å². The van der Waals surface area contributed by atoms with E-state index in [4.69, 9.17) is 5.84 Å². The van der Waals surface area contributed by atoms with E-state index in [0.29, 0.717) is 17.2 Å².